The first-order valence-electron chi connectivity index (χ1n) is 11.2. The third-order valence-electron chi connectivity index (χ3n) is 6.04. The van der Waals surface area contributed by atoms with Crippen molar-refractivity contribution in [1.82, 2.24) is 5.32 Å². The van der Waals surface area contributed by atoms with Crippen molar-refractivity contribution < 1.29 is 4.79 Å². The molecule has 1 atom stereocenters. The standard InChI is InChI=1S/C29H26N2O/c32-29(27-17-10-18-30-27)31-28-25(22-13-6-2-7-14-22)19-24(21-11-4-1-5-12-21)20-26(28)23-15-8-3-9-16-23/h1-9,11-16,19-20,27,30H,10,17-18H2,(H,31,32)/t27-/m0/s1. The smallest absolute Gasteiger partial charge is 0.241 e. The van der Waals surface area contributed by atoms with E-state index in [1.807, 2.05) is 42.5 Å². The minimum absolute atomic E-state index is 0.0318. The van der Waals surface area contributed by atoms with Crippen LogP contribution in [0.2, 0.25) is 0 Å². The quantitative estimate of drug-likeness (QED) is 0.395. The van der Waals surface area contributed by atoms with Crippen LogP contribution in [0.25, 0.3) is 33.4 Å². The Balaban J connectivity index is 1.72. The van der Waals surface area contributed by atoms with Gasteiger partial charge < -0.3 is 10.6 Å². The number of amides is 1. The molecule has 5 rings (SSSR count). The van der Waals surface area contributed by atoms with Crippen LogP contribution in [-0.2, 0) is 4.79 Å². The van der Waals surface area contributed by atoms with Crippen molar-refractivity contribution in [3.63, 3.8) is 0 Å². The van der Waals surface area contributed by atoms with E-state index in [0.717, 1.165) is 58.5 Å². The summed E-state index contributed by atoms with van der Waals surface area (Å²) in [4.78, 5) is 13.2. The first-order valence-corrected chi connectivity index (χ1v) is 11.2. The van der Waals surface area contributed by atoms with Crippen molar-refractivity contribution in [1.29, 1.82) is 0 Å². The summed E-state index contributed by atoms with van der Waals surface area (Å²) in [5.74, 6) is 0.0318. The first-order chi connectivity index (χ1) is 15.8. The predicted molar refractivity (Wildman–Crippen MR) is 132 cm³/mol. The molecule has 0 aliphatic carbocycles. The molecular weight excluding hydrogens is 392 g/mol. The minimum Gasteiger partial charge on any atom is -0.324 e. The number of nitrogens with one attached hydrogen (secondary N) is 2. The molecule has 0 radical (unpaired) electrons. The van der Waals surface area contributed by atoms with Gasteiger partial charge in [0, 0.05) is 11.1 Å². The zero-order valence-electron chi connectivity index (χ0n) is 17.9. The van der Waals surface area contributed by atoms with Crippen LogP contribution in [0.15, 0.2) is 103 Å². The van der Waals surface area contributed by atoms with E-state index in [4.69, 9.17) is 0 Å². The van der Waals surface area contributed by atoms with Crippen LogP contribution in [0.4, 0.5) is 5.69 Å². The van der Waals surface area contributed by atoms with E-state index in [2.05, 4.69) is 71.3 Å². The SMILES string of the molecule is O=C(Nc1c(-c2ccccc2)cc(-c2ccccc2)cc1-c1ccccc1)[C@@H]1CCCN1. The summed E-state index contributed by atoms with van der Waals surface area (Å²) < 4.78 is 0. The van der Waals surface area contributed by atoms with E-state index in [9.17, 15) is 4.79 Å². The van der Waals surface area contributed by atoms with Gasteiger partial charge in [0.05, 0.1) is 11.7 Å². The molecule has 1 fully saturated rings. The van der Waals surface area contributed by atoms with Gasteiger partial charge in [0.15, 0.2) is 0 Å². The molecule has 158 valence electrons. The van der Waals surface area contributed by atoms with Crippen LogP contribution >= 0.6 is 0 Å². The average molecular weight is 419 g/mol. The highest BCUT2D eigenvalue weighted by molar-refractivity contribution is 6.05. The van der Waals surface area contributed by atoms with E-state index in [-0.39, 0.29) is 11.9 Å². The van der Waals surface area contributed by atoms with Crippen molar-refractivity contribution in [3.05, 3.63) is 103 Å². The molecule has 1 amide bonds. The van der Waals surface area contributed by atoms with Gasteiger partial charge in [-0.05, 0) is 53.8 Å². The molecule has 1 aliphatic heterocycles. The highest BCUT2D eigenvalue weighted by Gasteiger charge is 2.24. The molecule has 2 N–H and O–H groups in total. The Kier molecular flexibility index (Phi) is 5.82. The maximum Gasteiger partial charge on any atom is 0.241 e. The Labute approximate surface area is 189 Å². The minimum atomic E-state index is -0.143. The van der Waals surface area contributed by atoms with Crippen molar-refractivity contribution >= 4 is 11.6 Å². The maximum absolute atomic E-state index is 13.2. The average Bonchev–Trinajstić information content (AvgIpc) is 3.41. The van der Waals surface area contributed by atoms with Gasteiger partial charge in [-0.2, -0.15) is 0 Å². The molecule has 1 heterocycles. The van der Waals surface area contributed by atoms with E-state index in [1.165, 1.54) is 0 Å². The second kappa shape index (κ2) is 9.21. The Morgan fingerprint density at radius 1 is 0.688 bits per heavy atom. The molecule has 4 aromatic rings. The second-order valence-electron chi connectivity index (χ2n) is 8.18. The van der Waals surface area contributed by atoms with Crippen molar-refractivity contribution in [2.45, 2.75) is 18.9 Å². The number of carbonyl (C=O) groups excluding carboxylic acids is 1. The zero-order chi connectivity index (χ0) is 21.8. The third-order valence-corrected chi connectivity index (χ3v) is 6.04. The molecule has 32 heavy (non-hydrogen) atoms. The Morgan fingerprint density at radius 3 is 1.66 bits per heavy atom. The van der Waals surface area contributed by atoms with Gasteiger partial charge in [-0.25, -0.2) is 0 Å². The molecule has 3 heteroatoms. The third kappa shape index (κ3) is 4.20. The van der Waals surface area contributed by atoms with E-state index >= 15 is 0 Å². The van der Waals surface area contributed by atoms with Crippen molar-refractivity contribution in [2.75, 3.05) is 11.9 Å². The summed E-state index contributed by atoms with van der Waals surface area (Å²) in [6, 6.07) is 35.2. The molecule has 0 spiro atoms. The van der Waals surface area contributed by atoms with E-state index in [1.54, 1.807) is 0 Å². The largest absolute Gasteiger partial charge is 0.324 e. The van der Waals surface area contributed by atoms with Gasteiger partial charge >= 0.3 is 0 Å². The van der Waals surface area contributed by atoms with Gasteiger partial charge in [-0.15, -0.1) is 0 Å². The fourth-order valence-electron chi connectivity index (χ4n) is 4.38. The number of rotatable bonds is 5. The molecule has 0 unspecified atom stereocenters. The summed E-state index contributed by atoms with van der Waals surface area (Å²) in [7, 11) is 0. The number of carbonyl (C=O) groups is 1. The molecule has 4 aromatic carbocycles. The van der Waals surface area contributed by atoms with Crippen LogP contribution in [0.5, 0.6) is 0 Å². The van der Waals surface area contributed by atoms with Crippen molar-refractivity contribution in [2.24, 2.45) is 0 Å². The fraction of sp³-hybridized carbons (Fsp3) is 0.138. The topological polar surface area (TPSA) is 41.1 Å². The fourth-order valence-corrected chi connectivity index (χ4v) is 4.38. The van der Waals surface area contributed by atoms with E-state index < -0.39 is 0 Å². The monoisotopic (exact) mass is 418 g/mol. The van der Waals surface area contributed by atoms with Crippen LogP contribution in [0.1, 0.15) is 12.8 Å². The van der Waals surface area contributed by atoms with Crippen LogP contribution in [0, 0.1) is 0 Å². The first kappa shape index (κ1) is 20.2. The van der Waals surface area contributed by atoms with Gasteiger partial charge in [0.2, 0.25) is 5.91 Å². The molecule has 0 aromatic heterocycles. The Morgan fingerprint density at radius 2 is 1.19 bits per heavy atom. The van der Waals surface area contributed by atoms with Gasteiger partial charge in [0.25, 0.3) is 0 Å². The molecular formula is C29H26N2O. The number of benzene rings is 4. The van der Waals surface area contributed by atoms with Gasteiger partial charge in [-0.3, -0.25) is 4.79 Å². The summed E-state index contributed by atoms with van der Waals surface area (Å²) >= 11 is 0. The molecule has 0 bridgehead atoms. The lowest BCUT2D eigenvalue weighted by Gasteiger charge is -2.21. The zero-order valence-corrected chi connectivity index (χ0v) is 17.9. The number of hydrogen-bond acceptors (Lipinski definition) is 2. The number of hydrogen-bond donors (Lipinski definition) is 2. The second-order valence-corrected chi connectivity index (χ2v) is 8.18. The highest BCUT2D eigenvalue weighted by Crippen LogP contribution is 2.41. The van der Waals surface area contributed by atoms with E-state index in [0.29, 0.717) is 0 Å². The Hall–Kier alpha value is -3.69. The molecule has 1 aliphatic rings. The maximum atomic E-state index is 13.2. The van der Waals surface area contributed by atoms with Crippen molar-refractivity contribution in [3.8, 4) is 33.4 Å². The van der Waals surface area contributed by atoms with Gasteiger partial charge in [-0.1, -0.05) is 91.0 Å². The predicted octanol–water partition coefficient (Wildman–Crippen LogP) is 6.38. The summed E-state index contributed by atoms with van der Waals surface area (Å²) in [6.07, 6.45) is 1.90. The van der Waals surface area contributed by atoms with Crippen LogP contribution in [-0.4, -0.2) is 18.5 Å². The summed E-state index contributed by atoms with van der Waals surface area (Å²) in [5, 5.41) is 6.62. The summed E-state index contributed by atoms with van der Waals surface area (Å²) in [5.41, 5.74) is 7.35. The lowest BCUT2D eigenvalue weighted by atomic mass is 9.91. The molecule has 1 saturated heterocycles. The van der Waals surface area contributed by atoms with Crippen LogP contribution in [0.3, 0.4) is 0 Å². The number of anilines is 1. The molecule has 3 nitrogen and oxygen atoms in total. The summed E-state index contributed by atoms with van der Waals surface area (Å²) in [6.45, 7) is 0.891. The lowest BCUT2D eigenvalue weighted by Crippen LogP contribution is -2.35. The normalized spacial score (nSPS) is 15.4. The highest BCUT2D eigenvalue weighted by atomic mass is 16.2. The van der Waals surface area contributed by atoms with Crippen LogP contribution < -0.4 is 10.6 Å². The Bertz CT molecular complexity index is 1140. The molecule has 0 saturated carbocycles. The van der Waals surface area contributed by atoms with Gasteiger partial charge in [0.1, 0.15) is 0 Å². The lowest BCUT2D eigenvalue weighted by molar-refractivity contribution is -0.117.